The van der Waals surface area contributed by atoms with Crippen LogP contribution in [-0.2, 0) is 9.59 Å². The van der Waals surface area contributed by atoms with E-state index in [-0.39, 0.29) is 21.2 Å². The van der Waals surface area contributed by atoms with Gasteiger partial charge in [0.15, 0.2) is 0 Å². The zero-order valence-corrected chi connectivity index (χ0v) is 18.8. The summed E-state index contributed by atoms with van der Waals surface area (Å²) in [6.45, 7) is 3.77. The fraction of sp³-hybridized carbons (Fsp3) is 0.0833. The highest BCUT2D eigenvalue weighted by atomic mass is 35.5. The maximum absolute atomic E-state index is 13.4. The highest BCUT2D eigenvalue weighted by molar-refractivity contribution is 6.68. The molecule has 4 aromatic rings. The minimum atomic E-state index is -0.493. The van der Waals surface area contributed by atoms with E-state index in [0.717, 1.165) is 22.0 Å². The van der Waals surface area contributed by atoms with E-state index in [1.54, 1.807) is 18.3 Å². The van der Waals surface area contributed by atoms with Crippen molar-refractivity contribution in [2.24, 2.45) is 0 Å². The maximum Gasteiger partial charge on any atom is 0.207 e. The summed E-state index contributed by atoms with van der Waals surface area (Å²) in [4.78, 5) is 33.2. The van der Waals surface area contributed by atoms with Gasteiger partial charge < -0.3 is 9.97 Å². The van der Waals surface area contributed by atoms with E-state index in [0.29, 0.717) is 27.2 Å². The number of hydrogen-bond donors (Lipinski definition) is 2. The van der Waals surface area contributed by atoms with Gasteiger partial charge in [-0.2, -0.15) is 0 Å². The maximum atomic E-state index is 13.4. The van der Waals surface area contributed by atoms with Crippen LogP contribution in [0.2, 0.25) is 5.02 Å². The molecule has 7 heteroatoms. The molecule has 0 atom stereocenters. The number of para-hydroxylation sites is 1. The van der Waals surface area contributed by atoms with Gasteiger partial charge in [-0.25, -0.2) is 0 Å². The van der Waals surface area contributed by atoms with Crippen LogP contribution in [0.1, 0.15) is 22.4 Å². The molecule has 2 heterocycles. The van der Waals surface area contributed by atoms with Crippen LogP contribution in [-0.4, -0.2) is 21.5 Å². The number of ketones is 2. The van der Waals surface area contributed by atoms with Crippen LogP contribution in [0.15, 0.2) is 52.7 Å². The molecule has 5 rings (SSSR count). The Kier molecular flexibility index (Phi) is 4.63. The second-order valence-electron chi connectivity index (χ2n) is 7.55. The van der Waals surface area contributed by atoms with E-state index in [1.807, 2.05) is 38.1 Å². The number of benzene rings is 2. The van der Waals surface area contributed by atoms with Crippen molar-refractivity contribution in [2.75, 3.05) is 0 Å². The molecule has 1 aliphatic rings. The second-order valence-corrected chi connectivity index (χ2v) is 8.74. The van der Waals surface area contributed by atoms with Crippen molar-refractivity contribution in [1.29, 1.82) is 0 Å². The third-order valence-electron chi connectivity index (χ3n) is 5.68. The number of aryl methyl sites for hydroxylation is 2. The van der Waals surface area contributed by atoms with Gasteiger partial charge in [0.1, 0.15) is 10.1 Å². The van der Waals surface area contributed by atoms with Crippen LogP contribution in [0.5, 0.6) is 0 Å². The van der Waals surface area contributed by atoms with Crippen LogP contribution in [0.4, 0.5) is 0 Å². The first-order valence-electron chi connectivity index (χ1n) is 9.53. The Bertz CT molecular complexity index is 1520. The minimum Gasteiger partial charge on any atom is -0.360 e. The number of H-pyrrole nitrogens is 2. The molecule has 0 aliphatic heterocycles. The Morgan fingerprint density at radius 2 is 1.55 bits per heavy atom. The molecule has 0 unspecified atom stereocenters. The van der Waals surface area contributed by atoms with Gasteiger partial charge in [-0.3, -0.25) is 9.59 Å². The Hall–Kier alpha value is -2.79. The van der Waals surface area contributed by atoms with E-state index in [1.165, 1.54) is 0 Å². The number of Topliss-reactive ketones (excluding diaryl/α,β-unsaturated/α-hetero) is 2. The molecule has 4 nitrogen and oxygen atoms in total. The van der Waals surface area contributed by atoms with E-state index in [2.05, 4.69) is 9.97 Å². The summed E-state index contributed by atoms with van der Waals surface area (Å²) in [5, 5.41) is 1.71. The van der Waals surface area contributed by atoms with Crippen molar-refractivity contribution in [1.82, 2.24) is 9.97 Å². The summed E-state index contributed by atoms with van der Waals surface area (Å²) in [5.74, 6) is -0.980. The highest BCUT2D eigenvalue weighted by Crippen LogP contribution is 2.43. The average molecular weight is 470 g/mol. The predicted octanol–water partition coefficient (Wildman–Crippen LogP) is 6.67. The number of rotatable bonds is 2. The molecule has 0 saturated heterocycles. The van der Waals surface area contributed by atoms with Gasteiger partial charge in [0.25, 0.3) is 0 Å². The number of carbonyl (C=O) groups excluding carboxylic acids is 2. The predicted molar refractivity (Wildman–Crippen MR) is 127 cm³/mol. The van der Waals surface area contributed by atoms with Gasteiger partial charge in [-0.15, -0.1) is 0 Å². The molecule has 31 heavy (non-hydrogen) atoms. The third kappa shape index (κ3) is 2.90. The van der Waals surface area contributed by atoms with E-state index < -0.39 is 11.6 Å². The van der Waals surface area contributed by atoms with Crippen molar-refractivity contribution in [3.05, 3.63) is 80.1 Å². The van der Waals surface area contributed by atoms with Crippen molar-refractivity contribution in [2.45, 2.75) is 13.8 Å². The summed E-state index contributed by atoms with van der Waals surface area (Å²) < 4.78 is 0. The first kappa shape index (κ1) is 20.1. The molecular formula is C24H15Cl3N2O2. The van der Waals surface area contributed by atoms with E-state index in [4.69, 9.17) is 34.8 Å². The van der Waals surface area contributed by atoms with Crippen LogP contribution >= 0.6 is 34.8 Å². The van der Waals surface area contributed by atoms with Gasteiger partial charge >= 0.3 is 0 Å². The normalized spacial score (nSPS) is 15.1. The Morgan fingerprint density at radius 1 is 0.839 bits per heavy atom. The first-order chi connectivity index (χ1) is 14.8. The van der Waals surface area contributed by atoms with Gasteiger partial charge in [-0.05, 0) is 37.6 Å². The largest absolute Gasteiger partial charge is 0.360 e. The average Bonchev–Trinajstić information content (AvgIpc) is 3.29. The smallest absolute Gasteiger partial charge is 0.207 e. The molecule has 0 fully saturated rings. The van der Waals surface area contributed by atoms with Crippen LogP contribution < -0.4 is 0 Å². The van der Waals surface area contributed by atoms with Crippen molar-refractivity contribution in [3.8, 4) is 0 Å². The zero-order valence-electron chi connectivity index (χ0n) is 16.5. The monoisotopic (exact) mass is 468 g/mol. The molecular weight excluding hydrogens is 455 g/mol. The lowest BCUT2D eigenvalue weighted by molar-refractivity contribution is -0.113. The quantitative estimate of drug-likeness (QED) is 0.322. The van der Waals surface area contributed by atoms with E-state index in [9.17, 15) is 9.59 Å². The Morgan fingerprint density at radius 3 is 2.32 bits per heavy atom. The number of hydrogen-bond acceptors (Lipinski definition) is 2. The van der Waals surface area contributed by atoms with Crippen molar-refractivity contribution < 1.29 is 9.59 Å². The topological polar surface area (TPSA) is 65.7 Å². The lowest BCUT2D eigenvalue weighted by atomic mass is 9.87. The van der Waals surface area contributed by atoms with Gasteiger partial charge in [-0.1, -0.05) is 53.0 Å². The summed E-state index contributed by atoms with van der Waals surface area (Å²) >= 11 is 19.3. The fourth-order valence-corrected chi connectivity index (χ4v) is 4.97. The number of aromatic nitrogens is 2. The molecule has 0 saturated carbocycles. The Labute approximate surface area is 192 Å². The fourth-order valence-electron chi connectivity index (χ4n) is 4.24. The number of allylic oxidation sites excluding steroid dienone is 4. The lowest BCUT2D eigenvalue weighted by Crippen LogP contribution is -2.19. The van der Waals surface area contributed by atoms with Crippen LogP contribution in [0, 0.1) is 13.8 Å². The molecule has 154 valence electrons. The number of fused-ring (bicyclic) bond motifs is 2. The summed E-state index contributed by atoms with van der Waals surface area (Å²) in [7, 11) is 0. The SMILES string of the molecule is Cc1[nH]c2ccc(Cl)cc2c1C1=C(Cl)C(=O)C(c2c[nH]c3c(C)cccc23)=C(Cl)C1=O. The van der Waals surface area contributed by atoms with Crippen LogP contribution in [0.3, 0.4) is 0 Å². The number of aromatic amines is 2. The summed E-state index contributed by atoms with van der Waals surface area (Å²) in [5.41, 5.74) is 4.65. The summed E-state index contributed by atoms with van der Waals surface area (Å²) in [6.07, 6.45) is 1.69. The van der Waals surface area contributed by atoms with Gasteiger partial charge in [0, 0.05) is 49.8 Å². The third-order valence-corrected chi connectivity index (χ3v) is 6.64. The standard InChI is InChI=1S/C24H15Cl3N2O2/c1-10-4-3-5-13-15(9-28-22(10)13)18-20(26)24(31)19(21(27)23(18)30)17-11(2)29-16-7-6-12(25)8-14(16)17/h3-9,28-29H,1-2H3. The molecule has 0 radical (unpaired) electrons. The minimum absolute atomic E-state index is 0.0856. The summed E-state index contributed by atoms with van der Waals surface area (Å²) in [6, 6.07) is 11.0. The second kappa shape index (κ2) is 7.13. The van der Waals surface area contributed by atoms with Gasteiger partial charge in [0.2, 0.25) is 11.6 Å². The molecule has 2 N–H and O–H groups in total. The molecule has 0 bridgehead atoms. The molecule has 0 spiro atoms. The highest BCUT2D eigenvalue weighted by Gasteiger charge is 2.37. The van der Waals surface area contributed by atoms with Crippen molar-refractivity contribution in [3.63, 3.8) is 0 Å². The zero-order chi connectivity index (χ0) is 22.0. The van der Waals surface area contributed by atoms with Crippen LogP contribution in [0.25, 0.3) is 33.0 Å². The lowest BCUT2D eigenvalue weighted by Gasteiger charge is -2.18. The molecule has 0 amide bonds. The van der Waals surface area contributed by atoms with E-state index >= 15 is 0 Å². The number of nitrogens with one attached hydrogen (secondary N) is 2. The van der Waals surface area contributed by atoms with Gasteiger partial charge in [0.05, 0.1) is 11.1 Å². The molecule has 1 aliphatic carbocycles. The molecule has 2 aromatic carbocycles. The number of carbonyl (C=O) groups is 2. The molecule has 2 aromatic heterocycles. The van der Waals surface area contributed by atoms with Crippen molar-refractivity contribution >= 4 is 79.3 Å². The number of halogens is 3. The Balaban J connectivity index is 1.74. The first-order valence-corrected chi connectivity index (χ1v) is 10.7.